The van der Waals surface area contributed by atoms with E-state index in [0.29, 0.717) is 33.7 Å². The van der Waals surface area contributed by atoms with E-state index in [9.17, 15) is 9.59 Å². The number of carbonyl (C=O) groups is 2. The van der Waals surface area contributed by atoms with Crippen LogP contribution in [0.2, 0.25) is 10.0 Å². The Morgan fingerprint density at radius 1 is 1.13 bits per heavy atom. The molecule has 0 saturated carbocycles. The minimum atomic E-state index is -0.296. The first-order valence-corrected chi connectivity index (χ1v) is 13.8. The summed E-state index contributed by atoms with van der Waals surface area (Å²) in [6.07, 6.45) is 2.31. The van der Waals surface area contributed by atoms with Crippen molar-refractivity contribution < 1.29 is 18.7 Å². The lowest BCUT2D eigenvalue weighted by Crippen LogP contribution is -2.47. The highest BCUT2D eigenvalue weighted by Crippen LogP contribution is 2.34. The zero-order valence-corrected chi connectivity index (χ0v) is 23.1. The number of hydrogen-bond acceptors (Lipinski definition) is 5. The van der Waals surface area contributed by atoms with Crippen molar-refractivity contribution in [3.05, 3.63) is 110 Å². The molecule has 196 valence electrons. The summed E-state index contributed by atoms with van der Waals surface area (Å²) < 4.78 is 11.6. The largest absolute Gasteiger partial charge is 0.491 e. The third kappa shape index (κ3) is 5.90. The van der Waals surface area contributed by atoms with Gasteiger partial charge in [0.05, 0.1) is 18.8 Å². The number of carbonyl (C=O) groups excluding carboxylic acids is 2. The Labute approximate surface area is 235 Å². The Hall–Kier alpha value is -3.26. The Balaban J connectivity index is 1.37. The number of halogens is 2. The van der Waals surface area contributed by atoms with Crippen LogP contribution in [-0.4, -0.2) is 41.3 Å². The zero-order valence-electron chi connectivity index (χ0n) is 20.7. The van der Waals surface area contributed by atoms with Gasteiger partial charge in [-0.2, -0.15) is 0 Å². The highest BCUT2D eigenvalue weighted by atomic mass is 35.5. The number of ether oxygens (including phenoxy) is 1. The normalized spacial score (nSPS) is 14.7. The summed E-state index contributed by atoms with van der Waals surface area (Å²) in [6.45, 7) is 2.80. The molecule has 0 radical (unpaired) electrons. The molecule has 5 rings (SSSR count). The SMILES string of the molecule is Cc1cc(OC[C@H]2c3ccsc3CCN2C(=O)CN(Cc2ccco2)C(=O)c2cccc(Cl)c2)ccc1Cl. The molecule has 1 aliphatic heterocycles. The van der Waals surface area contributed by atoms with Crippen LogP contribution in [0.25, 0.3) is 0 Å². The number of nitrogens with zero attached hydrogens (tertiary/aromatic N) is 2. The van der Waals surface area contributed by atoms with Gasteiger partial charge in [-0.25, -0.2) is 0 Å². The van der Waals surface area contributed by atoms with Gasteiger partial charge in [0.1, 0.15) is 24.7 Å². The van der Waals surface area contributed by atoms with E-state index in [1.165, 1.54) is 9.78 Å². The molecule has 1 atom stereocenters. The Bertz CT molecular complexity index is 1440. The van der Waals surface area contributed by atoms with Crippen molar-refractivity contribution in [2.75, 3.05) is 19.7 Å². The third-order valence-electron chi connectivity index (χ3n) is 6.56. The van der Waals surface area contributed by atoms with E-state index < -0.39 is 0 Å². The number of aryl methyl sites for hydroxylation is 1. The van der Waals surface area contributed by atoms with Crippen LogP contribution in [0.1, 0.15) is 38.2 Å². The number of furan rings is 1. The lowest BCUT2D eigenvalue weighted by atomic mass is 10.00. The number of hydrogen-bond donors (Lipinski definition) is 0. The maximum Gasteiger partial charge on any atom is 0.254 e. The van der Waals surface area contributed by atoms with Crippen molar-refractivity contribution in [3.8, 4) is 5.75 Å². The molecule has 3 heterocycles. The van der Waals surface area contributed by atoms with Crippen molar-refractivity contribution in [1.82, 2.24) is 9.80 Å². The summed E-state index contributed by atoms with van der Waals surface area (Å²) in [6, 6.07) is 17.6. The first-order chi connectivity index (χ1) is 18.4. The molecule has 6 nitrogen and oxygen atoms in total. The Kier molecular flexibility index (Phi) is 8.07. The van der Waals surface area contributed by atoms with Crippen molar-refractivity contribution in [2.45, 2.75) is 25.9 Å². The van der Waals surface area contributed by atoms with Gasteiger partial charge >= 0.3 is 0 Å². The fraction of sp³-hybridized carbons (Fsp3) is 0.241. The maximum atomic E-state index is 13.8. The average molecular weight is 570 g/mol. The highest BCUT2D eigenvalue weighted by molar-refractivity contribution is 7.10. The molecule has 2 aromatic heterocycles. The van der Waals surface area contributed by atoms with E-state index in [4.69, 9.17) is 32.4 Å². The number of thiophene rings is 1. The first-order valence-electron chi connectivity index (χ1n) is 12.2. The molecule has 4 aromatic rings. The standard InChI is InChI=1S/C29H26Cl2N2O4S/c1-19-14-22(7-8-25(19)31)37-18-26-24-10-13-38-27(24)9-11-33(26)28(34)17-32(16-23-6-3-12-36-23)29(35)20-4-2-5-21(30)15-20/h2-8,10,12-15,26H,9,11,16-18H2,1H3/t26-/m0/s1. The molecule has 0 saturated heterocycles. The van der Waals surface area contributed by atoms with Gasteiger partial charge in [0.25, 0.3) is 5.91 Å². The number of rotatable bonds is 8. The summed E-state index contributed by atoms with van der Waals surface area (Å²) in [5, 5.41) is 3.17. The van der Waals surface area contributed by atoms with E-state index in [1.54, 1.807) is 60.1 Å². The van der Waals surface area contributed by atoms with Crippen LogP contribution < -0.4 is 4.74 Å². The van der Waals surface area contributed by atoms with Crippen molar-refractivity contribution in [3.63, 3.8) is 0 Å². The van der Waals surface area contributed by atoms with E-state index >= 15 is 0 Å². The van der Waals surface area contributed by atoms with Gasteiger partial charge in [0, 0.05) is 27.0 Å². The minimum absolute atomic E-state index is 0.109. The van der Waals surface area contributed by atoms with Crippen molar-refractivity contribution >= 4 is 46.4 Å². The smallest absolute Gasteiger partial charge is 0.254 e. The fourth-order valence-corrected chi connectivity index (χ4v) is 5.84. The predicted octanol–water partition coefficient (Wildman–Crippen LogP) is 6.80. The van der Waals surface area contributed by atoms with Crippen molar-refractivity contribution in [1.29, 1.82) is 0 Å². The highest BCUT2D eigenvalue weighted by Gasteiger charge is 2.34. The molecule has 0 aliphatic carbocycles. The maximum absolute atomic E-state index is 13.8. The van der Waals surface area contributed by atoms with Crippen LogP contribution in [-0.2, 0) is 17.8 Å². The molecule has 9 heteroatoms. The Morgan fingerprint density at radius 2 is 2.00 bits per heavy atom. The summed E-state index contributed by atoms with van der Waals surface area (Å²) in [4.78, 5) is 31.8. The molecular formula is C29H26Cl2N2O4S. The lowest BCUT2D eigenvalue weighted by Gasteiger charge is -2.37. The topological polar surface area (TPSA) is 63.0 Å². The van der Waals surface area contributed by atoms with Crippen LogP contribution in [0.5, 0.6) is 5.75 Å². The van der Waals surface area contributed by atoms with Crippen LogP contribution in [0.15, 0.2) is 76.7 Å². The predicted molar refractivity (Wildman–Crippen MR) is 149 cm³/mol. The van der Waals surface area contributed by atoms with Gasteiger partial charge < -0.3 is 19.0 Å². The molecule has 0 unspecified atom stereocenters. The number of amides is 2. The second-order valence-corrected chi connectivity index (χ2v) is 11.0. The minimum Gasteiger partial charge on any atom is -0.491 e. The lowest BCUT2D eigenvalue weighted by molar-refractivity contribution is -0.135. The molecule has 0 bridgehead atoms. The average Bonchev–Trinajstić information content (AvgIpc) is 3.60. The van der Waals surface area contributed by atoms with Crippen LogP contribution in [0, 0.1) is 6.92 Å². The molecule has 0 fully saturated rings. The van der Waals surface area contributed by atoms with E-state index in [2.05, 4.69) is 6.07 Å². The van der Waals surface area contributed by atoms with Gasteiger partial charge in [-0.15, -0.1) is 11.3 Å². The van der Waals surface area contributed by atoms with Crippen LogP contribution in [0.3, 0.4) is 0 Å². The van der Waals surface area contributed by atoms with E-state index in [-0.39, 0.29) is 37.6 Å². The van der Waals surface area contributed by atoms with Gasteiger partial charge in [-0.1, -0.05) is 29.3 Å². The fourth-order valence-electron chi connectivity index (χ4n) is 4.61. The quantitative estimate of drug-likeness (QED) is 0.234. The molecular weight excluding hydrogens is 543 g/mol. The Morgan fingerprint density at radius 3 is 2.76 bits per heavy atom. The summed E-state index contributed by atoms with van der Waals surface area (Å²) in [5.74, 6) is 0.821. The van der Waals surface area contributed by atoms with Crippen LogP contribution >= 0.6 is 34.5 Å². The molecule has 0 N–H and O–H groups in total. The van der Waals surface area contributed by atoms with Gasteiger partial charge in [0.2, 0.25) is 5.91 Å². The van der Waals surface area contributed by atoms with Gasteiger partial charge in [-0.3, -0.25) is 9.59 Å². The molecule has 2 amide bonds. The van der Waals surface area contributed by atoms with E-state index in [0.717, 1.165) is 17.5 Å². The molecule has 1 aliphatic rings. The van der Waals surface area contributed by atoms with Crippen molar-refractivity contribution in [2.24, 2.45) is 0 Å². The number of fused-ring (bicyclic) bond motifs is 1. The second kappa shape index (κ2) is 11.6. The second-order valence-electron chi connectivity index (χ2n) is 9.12. The summed E-state index contributed by atoms with van der Waals surface area (Å²) in [7, 11) is 0. The zero-order chi connectivity index (χ0) is 26.6. The monoisotopic (exact) mass is 568 g/mol. The molecule has 38 heavy (non-hydrogen) atoms. The van der Waals surface area contributed by atoms with Gasteiger partial charge in [0.15, 0.2) is 0 Å². The van der Waals surface area contributed by atoms with E-state index in [1.807, 2.05) is 29.3 Å². The van der Waals surface area contributed by atoms with Gasteiger partial charge in [-0.05, 0) is 84.4 Å². The first kappa shape index (κ1) is 26.4. The number of benzene rings is 2. The summed E-state index contributed by atoms with van der Waals surface area (Å²) >= 11 is 14.0. The molecule has 0 spiro atoms. The third-order valence-corrected chi connectivity index (χ3v) is 8.22. The summed E-state index contributed by atoms with van der Waals surface area (Å²) in [5.41, 5.74) is 2.41. The molecule has 2 aromatic carbocycles. The van der Waals surface area contributed by atoms with Crippen LogP contribution in [0.4, 0.5) is 0 Å².